The van der Waals surface area contributed by atoms with Crippen molar-refractivity contribution in [3.63, 3.8) is 0 Å². The van der Waals surface area contributed by atoms with Crippen LogP contribution in [0, 0.1) is 11.8 Å². The van der Waals surface area contributed by atoms with E-state index in [2.05, 4.69) is 0 Å². The van der Waals surface area contributed by atoms with Crippen molar-refractivity contribution in [2.45, 2.75) is 39.0 Å². The van der Waals surface area contributed by atoms with Crippen LogP contribution in [0.25, 0.3) is 0 Å². The Hall–Kier alpha value is -1.06. The number of rotatable bonds is 4. The third-order valence-corrected chi connectivity index (χ3v) is 3.14. The van der Waals surface area contributed by atoms with Gasteiger partial charge < -0.3 is 9.47 Å². The van der Waals surface area contributed by atoms with Crippen molar-refractivity contribution < 1.29 is 19.1 Å². The Labute approximate surface area is 96.3 Å². The highest BCUT2D eigenvalue weighted by Crippen LogP contribution is 2.31. The predicted molar refractivity (Wildman–Crippen MR) is 58.7 cm³/mol. The molecule has 4 nitrogen and oxygen atoms in total. The maximum atomic E-state index is 11.3. The largest absolute Gasteiger partial charge is 0.469 e. The van der Waals surface area contributed by atoms with Gasteiger partial charge in [0.1, 0.15) is 0 Å². The molecule has 0 bridgehead atoms. The lowest BCUT2D eigenvalue weighted by atomic mass is 9.80. The van der Waals surface area contributed by atoms with Gasteiger partial charge in [0.2, 0.25) is 0 Å². The van der Waals surface area contributed by atoms with Crippen LogP contribution in [-0.4, -0.2) is 25.7 Å². The van der Waals surface area contributed by atoms with Gasteiger partial charge in [0, 0.05) is 6.42 Å². The zero-order valence-electron chi connectivity index (χ0n) is 10.0. The molecule has 1 aliphatic rings. The molecule has 0 radical (unpaired) electrons. The number of carbonyl (C=O) groups is 2. The Kier molecular flexibility index (Phi) is 5.29. The molecule has 0 spiro atoms. The maximum Gasteiger partial charge on any atom is 0.308 e. The molecule has 0 saturated heterocycles. The molecule has 1 fully saturated rings. The smallest absolute Gasteiger partial charge is 0.308 e. The van der Waals surface area contributed by atoms with Crippen molar-refractivity contribution in [3.05, 3.63) is 0 Å². The van der Waals surface area contributed by atoms with E-state index in [0.29, 0.717) is 18.9 Å². The van der Waals surface area contributed by atoms with Gasteiger partial charge in [0.15, 0.2) is 0 Å². The van der Waals surface area contributed by atoms with E-state index >= 15 is 0 Å². The van der Waals surface area contributed by atoms with Crippen LogP contribution in [0.15, 0.2) is 0 Å². The predicted octanol–water partition coefficient (Wildman–Crippen LogP) is 1.92. The van der Waals surface area contributed by atoms with Gasteiger partial charge in [0.25, 0.3) is 0 Å². The van der Waals surface area contributed by atoms with Crippen LogP contribution >= 0.6 is 0 Å². The molecule has 0 unspecified atom stereocenters. The highest BCUT2D eigenvalue weighted by molar-refractivity contribution is 5.72. The Bertz CT molecular complexity index is 241. The summed E-state index contributed by atoms with van der Waals surface area (Å²) in [6.45, 7) is 2.25. The highest BCUT2D eigenvalue weighted by Gasteiger charge is 2.28. The summed E-state index contributed by atoms with van der Waals surface area (Å²) in [6.07, 6.45) is 3.98. The zero-order valence-corrected chi connectivity index (χ0v) is 10.0. The van der Waals surface area contributed by atoms with Gasteiger partial charge in [-0.15, -0.1) is 0 Å². The Balaban J connectivity index is 2.26. The van der Waals surface area contributed by atoms with Crippen LogP contribution in [0.1, 0.15) is 39.0 Å². The van der Waals surface area contributed by atoms with Crippen molar-refractivity contribution in [3.8, 4) is 0 Å². The minimum absolute atomic E-state index is 0.0310. The molecule has 0 aromatic heterocycles. The molecule has 0 aromatic carbocycles. The van der Waals surface area contributed by atoms with E-state index in [9.17, 15) is 9.59 Å². The van der Waals surface area contributed by atoms with Crippen molar-refractivity contribution >= 4 is 11.9 Å². The molecular formula is C12H20O4. The van der Waals surface area contributed by atoms with E-state index < -0.39 is 0 Å². The molecule has 0 atom stereocenters. The van der Waals surface area contributed by atoms with Crippen molar-refractivity contribution in [2.24, 2.45) is 11.8 Å². The molecular weight excluding hydrogens is 208 g/mol. The molecule has 1 saturated carbocycles. The first-order chi connectivity index (χ1) is 7.67. The van der Waals surface area contributed by atoms with Crippen LogP contribution in [-0.2, 0) is 19.1 Å². The van der Waals surface area contributed by atoms with E-state index in [1.807, 2.05) is 6.92 Å². The summed E-state index contributed by atoms with van der Waals surface area (Å²) < 4.78 is 9.62. The number of ether oxygens (including phenoxy) is 2. The van der Waals surface area contributed by atoms with Crippen molar-refractivity contribution in [1.29, 1.82) is 0 Å². The van der Waals surface area contributed by atoms with Crippen LogP contribution in [0.5, 0.6) is 0 Å². The molecule has 0 N–H and O–H groups in total. The first kappa shape index (κ1) is 13.0. The van der Waals surface area contributed by atoms with Crippen LogP contribution in [0.4, 0.5) is 0 Å². The average Bonchev–Trinajstić information content (AvgIpc) is 2.29. The summed E-state index contributed by atoms with van der Waals surface area (Å²) in [7, 11) is 1.42. The topological polar surface area (TPSA) is 52.6 Å². The SMILES string of the molecule is CCOC(=O)CC1CCC(C(=O)OC)CC1. The first-order valence-corrected chi connectivity index (χ1v) is 5.90. The molecule has 1 rings (SSSR count). The standard InChI is InChI=1S/C12H20O4/c1-3-16-11(13)8-9-4-6-10(7-5-9)12(14)15-2/h9-10H,3-8H2,1-2H3. The van der Waals surface area contributed by atoms with Gasteiger partial charge in [-0.1, -0.05) is 0 Å². The molecule has 0 amide bonds. The number of carbonyl (C=O) groups excluding carboxylic acids is 2. The monoisotopic (exact) mass is 228 g/mol. The fourth-order valence-corrected chi connectivity index (χ4v) is 2.22. The second-order valence-electron chi connectivity index (χ2n) is 4.25. The fraction of sp³-hybridized carbons (Fsp3) is 0.833. The zero-order chi connectivity index (χ0) is 12.0. The lowest BCUT2D eigenvalue weighted by Crippen LogP contribution is -2.24. The average molecular weight is 228 g/mol. The molecule has 1 aliphatic carbocycles. The van der Waals surface area contributed by atoms with Gasteiger partial charge >= 0.3 is 11.9 Å². The van der Waals surface area contributed by atoms with Gasteiger partial charge in [-0.3, -0.25) is 9.59 Å². The third-order valence-electron chi connectivity index (χ3n) is 3.14. The summed E-state index contributed by atoms with van der Waals surface area (Å²) in [5.41, 5.74) is 0. The van der Waals surface area contributed by atoms with Crippen LogP contribution in [0.3, 0.4) is 0 Å². The Morgan fingerprint density at radius 2 is 1.81 bits per heavy atom. The number of hydrogen-bond acceptors (Lipinski definition) is 4. The molecule has 16 heavy (non-hydrogen) atoms. The third kappa shape index (κ3) is 3.83. The maximum absolute atomic E-state index is 11.3. The first-order valence-electron chi connectivity index (χ1n) is 5.90. The van der Waals surface area contributed by atoms with Gasteiger partial charge in [0.05, 0.1) is 19.6 Å². The van der Waals surface area contributed by atoms with Crippen molar-refractivity contribution in [1.82, 2.24) is 0 Å². The van der Waals surface area contributed by atoms with E-state index in [4.69, 9.17) is 9.47 Å². The Morgan fingerprint density at radius 1 is 1.19 bits per heavy atom. The minimum atomic E-state index is -0.121. The van der Waals surface area contributed by atoms with E-state index in [0.717, 1.165) is 25.7 Å². The quantitative estimate of drug-likeness (QED) is 0.690. The number of esters is 2. The summed E-state index contributed by atoms with van der Waals surface area (Å²) in [5.74, 6) is 0.169. The summed E-state index contributed by atoms with van der Waals surface area (Å²) in [4.78, 5) is 22.6. The lowest BCUT2D eigenvalue weighted by molar-refractivity contribution is -0.147. The molecule has 0 heterocycles. The lowest BCUT2D eigenvalue weighted by Gasteiger charge is -2.26. The molecule has 92 valence electrons. The number of methoxy groups -OCH3 is 1. The van der Waals surface area contributed by atoms with Crippen LogP contribution in [0.2, 0.25) is 0 Å². The molecule has 0 aromatic rings. The minimum Gasteiger partial charge on any atom is -0.469 e. The van der Waals surface area contributed by atoms with E-state index in [1.165, 1.54) is 7.11 Å². The number of hydrogen-bond donors (Lipinski definition) is 0. The summed E-state index contributed by atoms with van der Waals surface area (Å²) in [6, 6.07) is 0. The van der Waals surface area contributed by atoms with Crippen LogP contribution < -0.4 is 0 Å². The van der Waals surface area contributed by atoms with E-state index in [-0.39, 0.29) is 17.9 Å². The normalized spacial score (nSPS) is 24.9. The summed E-state index contributed by atoms with van der Waals surface area (Å²) in [5, 5.41) is 0. The molecule has 4 heteroatoms. The van der Waals surface area contributed by atoms with Crippen molar-refractivity contribution in [2.75, 3.05) is 13.7 Å². The van der Waals surface area contributed by atoms with E-state index in [1.54, 1.807) is 0 Å². The molecule has 0 aliphatic heterocycles. The second-order valence-corrected chi connectivity index (χ2v) is 4.25. The second kappa shape index (κ2) is 6.51. The summed E-state index contributed by atoms with van der Waals surface area (Å²) >= 11 is 0. The van der Waals surface area contributed by atoms with Gasteiger partial charge in [-0.05, 0) is 38.5 Å². The van der Waals surface area contributed by atoms with Gasteiger partial charge in [-0.2, -0.15) is 0 Å². The van der Waals surface area contributed by atoms with Gasteiger partial charge in [-0.25, -0.2) is 0 Å². The highest BCUT2D eigenvalue weighted by atomic mass is 16.5. The Morgan fingerprint density at radius 3 is 2.31 bits per heavy atom. The fourth-order valence-electron chi connectivity index (χ4n) is 2.22.